The first kappa shape index (κ1) is 20.5. The number of hydrogen-bond acceptors (Lipinski definition) is 4. The molecule has 6 heteroatoms. The summed E-state index contributed by atoms with van der Waals surface area (Å²) in [7, 11) is -3.75. The molecule has 144 valence electrons. The van der Waals surface area contributed by atoms with Crippen LogP contribution >= 0.6 is 0 Å². The minimum absolute atomic E-state index is 0.180. The van der Waals surface area contributed by atoms with Crippen LogP contribution in [0.15, 0.2) is 17.0 Å². The van der Waals surface area contributed by atoms with Gasteiger partial charge in [0.25, 0.3) is 10.0 Å². The third-order valence-electron chi connectivity index (χ3n) is 4.61. The van der Waals surface area contributed by atoms with Crippen LogP contribution in [0.25, 0.3) is 6.08 Å². The average Bonchev–Trinajstić information content (AvgIpc) is 2.73. The van der Waals surface area contributed by atoms with Gasteiger partial charge in [-0.1, -0.05) is 41.5 Å². The summed E-state index contributed by atoms with van der Waals surface area (Å²) in [5.41, 5.74) is 1.68. The highest BCUT2D eigenvalue weighted by Crippen LogP contribution is 2.40. The molecule has 1 aliphatic heterocycles. The summed E-state index contributed by atoms with van der Waals surface area (Å²) in [5.74, 6) is -0.211. The number of benzene rings is 1. The van der Waals surface area contributed by atoms with Crippen molar-refractivity contribution in [3.63, 3.8) is 0 Å². The number of sulfonamides is 1. The molecule has 1 saturated heterocycles. The monoisotopic (exact) mass is 379 g/mol. The third kappa shape index (κ3) is 3.80. The van der Waals surface area contributed by atoms with E-state index >= 15 is 0 Å². The number of rotatable bonds is 1. The Bertz CT molecular complexity index is 833. The Morgan fingerprint density at radius 1 is 1.08 bits per heavy atom. The van der Waals surface area contributed by atoms with Gasteiger partial charge in [0.05, 0.1) is 4.91 Å². The van der Waals surface area contributed by atoms with E-state index in [0.29, 0.717) is 6.42 Å². The van der Waals surface area contributed by atoms with Gasteiger partial charge in [-0.25, -0.2) is 12.7 Å². The Morgan fingerprint density at radius 2 is 1.54 bits per heavy atom. The molecule has 0 bridgehead atoms. The molecule has 5 nitrogen and oxygen atoms in total. The standard InChI is InChI=1S/C20H29NO4S/c1-13(22)21-9-8-15(26(21,24)25)10-14-11-16(19(2,3)4)18(23)17(12-14)20(5,6)7/h10-12,23H,8-9H2,1-7H3/b15-10+. The fourth-order valence-corrected chi connectivity index (χ4v) is 4.73. The van der Waals surface area contributed by atoms with Crippen molar-refractivity contribution in [2.45, 2.75) is 65.7 Å². The summed E-state index contributed by atoms with van der Waals surface area (Å²) >= 11 is 0. The Kier molecular flexibility index (Phi) is 5.05. The van der Waals surface area contributed by atoms with Crippen molar-refractivity contribution in [2.75, 3.05) is 6.54 Å². The van der Waals surface area contributed by atoms with Crippen LogP contribution in [0.2, 0.25) is 0 Å². The fourth-order valence-electron chi connectivity index (χ4n) is 3.15. The fraction of sp³-hybridized carbons (Fsp3) is 0.550. The Balaban J connectivity index is 2.67. The summed E-state index contributed by atoms with van der Waals surface area (Å²) in [4.78, 5) is 11.8. The van der Waals surface area contributed by atoms with Gasteiger partial charge in [0.1, 0.15) is 5.75 Å². The molecule has 1 fully saturated rings. The van der Waals surface area contributed by atoms with E-state index in [1.807, 2.05) is 53.7 Å². The molecule has 0 aromatic heterocycles. The highest BCUT2D eigenvalue weighted by molar-refractivity contribution is 7.94. The highest BCUT2D eigenvalue weighted by Gasteiger charge is 2.35. The Morgan fingerprint density at radius 3 is 1.88 bits per heavy atom. The van der Waals surface area contributed by atoms with Crippen molar-refractivity contribution in [2.24, 2.45) is 0 Å². The molecule has 0 atom stereocenters. The molecule has 0 spiro atoms. The number of nitrogens with zero attached hydrogens (tertiary/aromatic N) is 1. The second-order valence-corrected chi connectivity index (χ2v) is 10.8. The molecular formula is C20H29NO4S. The minimum Gasteiger partial charge on any atom is -0.507 e. The van der Waals surface area contributed by atoms with Crippen molar-refractivity contribution in [1.29, 1.82) is 0 Å². The lowest BCUT2D eigenvalue weighted by molar-refractivity contribution is -0.123. The van der Waals surface area contributed by atoms with Gasteiger partial charge >= 0.3 is 0 Å². The lowest BCUT2D eigenvalue weighted by Gasteiger charge is -2.28. The summed E-state index contributed by atoms with van der Waals surface area (Å²) in [6, 6.07) is 3.67. The first-order chi connectivity index (χ1) is 11.7. The molecule has 26 heavy (non-hydrogen) atoms. The summed E-state index contributed by atoms with van der Waals surface area (Å²) in [5, 5.41) is 10.8. The number of carbonyl (C=O) groups excluding carboxylic acids is 1. The number of phenolic OH excluding ortho intramolecular Hbond substituents is 1. The van der Waals surface area contributed by atoms with Gasteiger partial charge in [-0.15, -0.1) is 0 Å². The molecule has 0 aliphatic carbocycles. The van der Waals surface area contributed by atoms with E-state index in [9.17, 15) is 18.3 Å². The third-order valence-corrected chi connectivity index (χ3v) is 6.61. The summed E-state index contributed by atoms with van der Waals surface area (Å²) in [6.45, 7) is 13.5. The average molecular weight is 380 g/mol. The number of carbonyl (C=O) groups is 1. The van der Waals surface area contributed by atoms with Gasteiger partial charge in [0.2, 0.25) is 5.91 Å². The van der Waals surface area contributed by atoms with Crippen molar-refractivity contribution in [3.8, 4) is 5.75 Å². The van der Waals surface area contributed by atoms with Crippen LogP contribution < -0.4 is 0 Å². The number of hydrogen-bond donors (Lipinski definition) is 1. The molecule has 1 heterocycles. The maximum atomic E-state index is 12.6. The molecule has 1 amide bonds. The zero-order chi connectivity index (χ0) is 20.1. The van der Waals surface area contributed by atoms with Crippen LogP contribution in [0, 0.1) is 0 Å². The van der Waals surface area contributed by atoms with E-state index in [4.69, 9.17) is 0 Å². The molecule has 1 aromatic carbocycles. The van der Waals surface area contributed by atoms with Crippen molar-refractivity contribution in [3.05, 3.63) is 33.7 Å². The predicted molar refractivity (Wildman–Crippen MR) is 104 cm³/mol. The quantitative estimate of drug-likeness (QED) is 0.803. The zero-order valence-corrected chi connectivity index (χ0v) is 17.5. The van der Waals surface area contributed by atoms with Crippen molar-refractivity contribution in [1.82, 2.24) is 4.31 Å². The van der Waals surface area contributed by atoms with E-state index in [1.165, 1.54) is 6.92 Å². The first-order valence-corrected chi connectivity index (χ1v) is 10.2. The molecule has 0 unspecified atom stereocenters. The largest absolute Gasteiger partial charge is 0.507 e. The van der Waals surface area contributed by atoms with Crippen LogP contribution in [-0.2, 0) is 25.6 Å². The van der Waals surface area contributed by atoms with Gasteiger partial charge in [-0.3, -0.25) is 4.79 Å². The van der Waals surface area contributed by atoms with E-state index in [-0.39, 0.29) is 28.0 Å². The second-order valence-electron chi connectivity index (χ2n) is 8.92. The Labute approximate surface area is 156 Å². The normalized spacial score (nSPS) is 19.2. The van der Waals surface area contributed by atoms with Crippen LogP contribution in [0.4, 0.5) is 0 Å². The number of phenols is 1. The Hall–Kier alpha value is -1.82. The van der Waals surface area contributed by atoms with E-state index in [0.717, 1.165) is 21.0 Å². The molecule has 1 aliphatic rings. The lowest BCUT2D eigenvalue weighted by Crippen LogP contribution is -2.29. The van der Waals surface area contributed by atoms with Crippen LogP contribution in [0.1, 0.15) is 71.6 Å². The molecule has 1 aromatic rings. The summed E-state index contributed by atoms with van der Waals surface area (Å²) < 4.78 is 26.0. The lowest BCUT2D eigenvalue weighted by atomic mass is 9.78. The predicted octanol–water partition coefficient (Wildman–Crippen LogP) is 3.91. The molecule has 1 N–H and O–H groups in total. The minimum atomic E-state index is -3.75. The maximum absolute atomic E-state index is 12.6. The second kappa shape index (κ2) is 6.41. The SMILES string of the molecule is CC(=O)N1CC/C(=C\c2cc(C(C)(C)C)c(O)c(C(C)(C)C)c2)S1(=O)=O. The topological polar surface area (TPSA) is 74.7 Å². The van der Waals surface area contributed by atoms with Crippen molar-refractivity contribution < 1.29 is 18.3 Å². The molecule has 0 radical (unpaired) electrons. The van der Waals surface area contributed by atoms with Crippen LogP contribution in [0.5, 0.6) is 5.75 Å². The van der Waals surface area contributed by atoms with Crippen LogP contribution in [-0.4, -0.2) is 30.3 Å². The summed E-state index contributed by atoms with van der Waals surface area (Å²) in [6.07, 6.45) is 1.93. The van der Waals surface area contributed by atoms with Gasteiger partial charge in [0.15, 0.2) is 0 Å². The molecule has 2 rings (SSSR count). The van der Waals surface area contributed by atoms with E-state index in [1.54, 1.807) is 6.08 Å². The molecule has 0 saturated carbocycles. The first-order valence-electron chi connectivity index (χ1n) is 8.77. The molecular weight excluding hydrogens is 350 g/mol. The maximum Gasteiger partial charge on any atom is 0.262 e. The van der Waals surface area contributed by atoms with Gasteiger partial charge < -0.3 is 5.11 Å². The number of amides is 1. The smallest absolute Gasteiger partial charge is 0.262 e. The van der Waals surface area contributed by atoms with Crippen LogP contribution in [0.3, 0.4) is 0 Å². The van der Waals surface area contributed by atoms with Gasteiger partial charge in [-0.05, 0) is 34.6 Å². The van der Waals surface area contributed by atoms with E-state index < -0.39 is 15.9 Å². The van der Waals surface area contributed by atoms with E-state index in [2.05, 4.69) is 0 Å². The van der Waals surface area contributed by atoms with Crippen molar-refractivity contribution >= 4 is 22.0 Å². The van der Waals surface area contributed by atoms with Gasteiger partial charge in [-0.2, -0.15) is 0 Å². The zero-order valence-electron chi connectivity index (χ0n) is 16.7. The number of aromatic hydroxyl groups is 1. The van der Waals surface area contributed by atoms with Gasteiger partial charge in [0, 0.05) is 31.0 Å². The highest BCUT2D eigenvalue weighted by atomic mass is 32.2.